The van der Waals surface area contributed by atoms with Crippen LogP contribution in [0, 0.1) is 0 Å². The molecule has 114 valence electrons. The van der Waals surface area contributed by atoms with E-state index in [1.165, 1.54) is 0 Å². The van der Waals surface area contributed by atoms with Crippen LogP contribution in [0.15, 0.2) is 36.5 Å². The Hall–Kier alpha value is -2.47. The standard InChI is InChI=1S/C16H18N4O2/c17-15(22)12-5-1-2-6-13(12)16-18-8-7-14(19-16)20-9-3-4-11(21)10-20/h1-2,5-8,11,21H,3-4,9-10H2,(H2,17,22)/t11-/m0/s1. The third-order valence-electron chi connectivity index (χ3n) is 3.79. The number of amides is 1. The number of nitrogens with two attached hydrogens (primary N) is 1. The van der Waals surface area contributed by atoms with E-state index in [4.69, 9.17) is 5.73 Å². The molecule has 0 saturated carbocycles. The highest BCUT2D eigenvalue weighted by Crippen LogP contribution is 2.23. The fourth-order valence-corrected chi connectivity index (χ4v) is 2.71. The number of piperidine rings is 1. The normalized spacial score (nSPS) is 18.2. The van der Waals surface area contributed by atoms with Crippen molar-refractivity contribution in [1.29, 1.82) is 0 Å². The molecular formula is C16H18N4O2. The van der Waals surface area contributed by atoms with E-state index < -0.39 is 5.91 Å². The van der Waals surface area contributed by atoms with Crippen LogP contribution in [0.5, 0.6) is 0 Å². The van der Waals surface area contributed by atoms with Crippen molar-refractivity contribution < 1.29 is 9.90 Å². The second-order valence-electron chi connectivity index (χ2n) is 5.39. The van der Waals surface area contributed by atoms with E-state index in [1.54, 1.807) is 24.4 Å². The Kier molecular flexibility index (Phi) is 4.02. The molecule has 0 spiro atoms. The highest BCUT2D eigenvalue weighted by Gasteiger charge is 2.20. The zero-order chi connectivity index (χ0) is 15.5. The smallest absolute Gasteiger partial charge is 0.249 e. The molecule has 1 amide bonds. The summed E-state index contributed by atoms with van der Waals surface area (Å²) in [7, 11) is 0. The Morgan fingerprint density at radius 3 is 2.91 bits per heavy atom. The Bertz CT molecular complexity index is 689. The van der Waals surface area contributed by atoms with Crippen molar-refractivity contribution in [2.45, 2.75) is 18.9 Å². The maximum Gasteiger partial charge on any atom is 0.249 e. The molecular weight excluding hydrogens is 280 g/mol. The van der Waals surface area contributed by atoms with Crippen molar-refractivity contribution in [2.75, 3.05) is 18.0 Å². The molecule has 0 unspecified atom stereocenters. The molecule has 1 aromatic carbocycles. The molecule has 1 aliphatic heterocycles. The summed E-state index contributed by atoms with van der Waals surface area (Å²) in [6, 6.07) is 8.84. The lowest BCUT2D eigenvalue weighted by atomic mass is 10.1. The maximum atomic E-state index is 11.5. The van der Waals surface area contributed by atoms with Gasteiger partial charge in [0.15, 0.2) is 5.82 Å². The molecule has 2 aromatic rings. The molecule has 0 bridgehead atoms. The van der Waals surface area contributed by atoms with Crippen molar-refractivity contribution in [3.63, 3.8) is 0 Å². The van der Waals surface area contributed by atoms with Gasteiger partial charge < -0.3 is 15.7 Å². The third kappa shape index (κ3) is 2.92. The largest absolute Gasteiger partial charge is 0.391 e. The van der Waals surface area contributed by atoms with Gasteiger partial charge in [-0.3, -0.25) is 4.79 Å². The number of hydrogen-bond donors (Lipinski definition) is 2. The van der Waals surface area contributed by atoms with Gasteiger partial charge >= 0.3 is 0 Å². The monoisotopic (exact) mass is 298 g/mol. The fraction of sp³-hybridized carbons (Fsp3) is 0.312. The third-order valence-corrected chi connectivity index (χ3v) is 3.79. The molecule has 1 fully saturated rings. The van der Waals surface area contributed by atoms with Crippen LogP contribution in [-0.2, 0) is 0 Å². The average molecular weight is 298 g/mol. The Morgan fingerprint density at radius 2 is 2.14 bits per heavy atom. The van der Waals surface area contributed by atoms with Gasteiger partial charge in [0.05, 0.1) is 11.7 Å². The van der Waals surface area contributed by atoms with Gasteiger partial charge in [-0.1, -0.05) is 18.2 Å². The first kappa shape index (κ1) is 14.5. The number of carbonyl (C=O) groups is 1. The molecule has 0 aliphatic carbocycles. The van der Waals surface area contributed by atoms with Gasteiger partial charge in [-0.15, -0.1) is 0 Å². The fourth-order valence-electron chi connectivity index (χ4n) is 2.71. The van der Waals surface area contributed by atoms with E-state index in [0.29, 0.717) is 23.5 Å². The van der Waals surface area contributed by atoms with Crippen molar-refractivity contribution in [2.24, 2.45) is 5.73 Å². The Labute approximate surface area is 128 Å². The minimum Gasteiger partial charge on any atom is -0.391 e. The van der Waals surface area contributed by atoms with Crippen LogP contribution < -0.4 is 10.6 Å². The number of aliphatic hydroxyl groups is 1. The first-order valence-corrected chi connectivity index (χ1v) is 7.30. The predicted octanol–water partition coefficient (Wildman–Crippen LogP) is 1.20. The summed E-state index contributed by atoms with van der Waals surface area (Å²) < 4.78 is 0. The van der Waals surface area contributed by atoms with Gasteiger partial charge in [0, 0.05) is 24.8 Å². The average Bonchev–Trinajstić information content (AvgIpc) is 2.55. The van der Waals surface area contributed by atoms with E-state index in [-0.39, 0.29) is 6.10 Å². The van der Waals surface area contributed by atoms with E-state index in [9.17, 15) is 9.90 Å². The van der Waals surface area contributed by atoms with E-state index in [1.807, 2.05) is 17.0 Å². The van der Waals surface area contributed by atoms with Gasteiger partial charge in [0.25, 0.3) is 0 Å². The number of aliphatic hydroxyl groups excluding tert-OH is 1. The molecule has 6 heteroatoms. The van der Waals surface area contributed by atoms with Gasteiger partial charge in [-0.25, -0.2) is 9.97 Å². The Morgan fingerprint density at radius 1 is 1.32 bits per heavy atom. The second kappa shape index (κ2) is 6.11. The molecule has 1 atom stereocenters. The molecule has 1 aliphatic rings. The van der Waals surface area contributed by atoms with Crippen LogP contribution in [0.1, 0.15) is 23.2 Å². The van der Waals surface area contributed by atoms with Crippen molar-refractivity contribution in [3.8, 4) is 11.4 Å². The van der Waals surface area contributed by atoms with E-state index in [2.05, 4.69) is 9.97 Å². The molecule has 0 radical (unpaired) electrons. The van der Waals surface area contributed by atoms with Crippen LogP contribution >= 0.6 is 0 Å². The quantitative estimate of drug-likeness (QED) is 0.888. The van der Waals surface area contributed by atoms with Crippen molar-refractivity contribution in [3.05, 3.63) is 42.1 Å². The zero-order valence-corrected chi connectivity index (χ0v) is 12.1. The Balaban J connectivity index is 1.96. The molecule has 6 nitrogen and oxygen atoms in total. The van der Waals surface area contributed by atoms with Crippen LogP contribution in [0.25, 0.3) is 11.4 Å². The number of primary amides is 1. The number of aromatic nitrogens is 2. The second-order valence-corrected chi connectivity index (χ2v) is 5.39. The van der Waals surface area contributed by atoms with Crippen molar-refractivity contribution in [1.82, 2.24) is 9.97 Å². The number of benzene rings is 1. The van der Waals surface area contributed by atoms with Gasteiger partial charge in [0.1, 0.15) is 5.82 Å². The summed E-state index contributed by atoms with van der Waals surface area (Å²) in [5.41, 5.74) is 6.43. The highest BCUT2D eigenvalue weighted by molar-refractivity contribution is 5.99. The summed E-state index contributed by atoms with van der Waals surface area (Å²) in [4.78, 5) is 22.4. The summed E-state index contributed by atoms with van der Waals surface area (Å²) in [5, 5.41) is 9.80. The minimum absolute atomic E-state index is 0.329. The van der Waals surface area contributed by atoms with Crippen LogP contribution in [0.2, 0.25) is 0 Å². The summed E-state index contributed by atoms with van der Waals surface area (Å²) >= 11 is 0. The van der Waals surface area contributed by atoms with Crippen LogP contribution in [0.3, 0.4) is 0 Å². The summed E-state index contributed by atoms with van der Waals surface area (Å²) in [6.45, 7) is 1.42. The van der Waals surface area contributed by atoms with Gasteiger partial charge in [0.2, 0.25) is 5.91 Å². The predicted molar refractivity (Wildman–Crippen MR) is 83.4 cm³/mol. The molecule has 1 aromatic heterocycles. The number of carbonyl (C=O) groups excluding carboxylic acids is 1. The number of hydrogen-bond acceptors (Lipinski definition) is 5. The molecule has 22 heavy (non-hydrogen) atoms. The lowest BCUT2D eigenvalue weighted by molar-refractivity contribution is 0.100. The van der Waals surface area contributed by atoms with Crippen LogP contribution in [-0.4, -0.2) is 40.2 Å². The first-order valence-electron chi connectivity index (χ1n) is 7.30. The minimum atomic E-state index is -0.502. The SMILES string of the molecule is NC(=O)c1ccccc1-c1nccc(N2CCC[C@H](O)C2)n1. The number of β-amino-alcohol motifs (C(OH)–C–C–N with tert-alkyl or cyclic N) is 1. The molecule has 3 N–H and O–H groups in total. The van der Waals surface area contributed by atoms with E-state index >= 15 is 0 Å². The maximum absolute atomic E-state index is 11.5. The zero-order valence-electron chi connectivity index (χ0n) is 12.1. The number of rotatable bonds is 3. The van der Waals surface area contributed by atoms with Crippen LogP contribution in [0.4, 0.5) is 5.82 Å². The van der Waals surface area contributed by atoms with Crippen molar-refractivity contribution >= 4 is 11.7 Å². The highest BCUT2D eigenvalue weighted by atomic mass is 16.3. The van der Waals surface area contributed by atoms with Gasteiger partial charge in [-0.2, -0.15) is 0 Å². The van der Waals surface area contributed by atoms with E-state index in [0.717, 1.165) is 25.2 Å². The summed E-state index contributed by atoms with van der Waals surface area (Å²) in [6.07, 6.45) is 3.08. The molecule has 2 heterocycles. The lowest BCUT2D eigenvalue weighted by Crippen LogP contribution is -2.38. The lowest BCUT2D eigenvalue weighted by Gasteiger charge is -2.31. The molecule has 3 rings (SSSR count). The van der Waals surface area contributed by atoms with Gasteiger partial charge in [-0.05, 0) is 25.0 Å². The molecule has 1 saturated heterocycles. The summed E-state index contributed by atoms with van der Waals surface area (Å²) in [5.74, 6) is 0.716. The topological polar surface area (TPSA) is 92.3 Å². The first-order chi connectivity index (χ1) is 10.6. The number of anilines is 1. The number of nitrogens with zero attached hydrogens (tertiary/aromatic N) is 3.